The van der Waals surface area contributed by atoms with Crippen LogP contribution < -0.4 is 0 Å². The first-order chi connectivity index (χ1) is 6.75. The maximum Gasteiger partial charge on any atom is 0.0452 e. The molecule has 14 heavy (non-hydrogen) atoms. The first-order valence-electron chi connectivity index (χ1n) is 4.36. The molecule has 1 heterocycles. The molecule has 0 aliphatic heterocycles. The predicted octanol–water partition coefficient (Wildman–Crippen LogP) is 3.62. The lowest BCUT2D eigenvalue weighted by Gasteiger charge is -2.00. The lowest BCUT2D eigenvalue weighted by Crippen LogP contribution is -1.82. The van der Waals surface area contributed by atoms with Gasteiger partial charge in [0.25, 0.3) is 0 Å². The van der Waals surface area contributed by atoms with Crippen LogP contribution in [-0.2, 0) is 0 Å². The molecule has 0 spiro atoms. The molecule has 0 fully saturated rings. The van der Waals surface area contributed by atoms with E-state index < -0.39 is 0 Å². The minimum absolute atomic E-state index is 0.922. The molecule has 0 unspecified atom stereocenters. The van der Waals surface area contributed by atoms with Crippen LogP contribution in [0.3, 0.4) is 0 Å². The number of halogens is 1. The van der Waals surface area contributed by atoms with Crippen LogP contribution in [-0.4, -0.2) is 4.98 Å². The van der Waals surface area contributed by atoms with Crippen molar-refractivity contribution >= 4 is 15.9 Å². The van der Waals surface area contributed by atoms with E-state index in [2.05, 4.69) is 39.1 Å². The van der Waals surface area contributed by atoms with Crippen molar-refractivity contribution in [1.29, 1.82) is 0 Å². The van der Waals surface area contributed by atoms with Crippen molar-refractivity contribution in [2.24, 2.45) is 0 Å². The second-order valence-corrected chi connectivity index (χ2v) is 4.01. The average molecular weight is 247 g/mol. The summed E-state index contributed by atoms with van der Waals surface area (Å²) in [6.45, 7) is 1.94. The molecule has 1 radical (unpaired) electrons. The number of benzene rings is 1. The zero-order valence-electron chi connectivity index (χ0n) is 7.79. The van der Waals surface area contributed by atoms with Gasteiger partial charge >= 0.3 is 0 Å². The first-order valence-corrected chi connectivity index (χ1v) is 5.15. The predicted molar refractivity (Wildman–Crippen MR) is 60.9 cm³/mol. The standard InChI is InChI=1S/C12H9BrN/c1-9-2-3-11(8-14-9)10-4-6-12(13)7-5-10/h3-8H,1H3. The van der Waals surface area contributed by atoms with Crippen molar-refractivity contribution in [3.8, 4) is 11.1 Å². The zero-order chi connectivity index (χ0) is 9.97. The van der Waals surface area contributed by atoms with Crippen LogP contribution in [0.5, 0.6) is 0 Å². The van der Waals surface area contributed by atoms with Crippen molar-refractivity contribution in [3.63, 3.8) is 0 Å². The fourth-order valence-corrected chi connectivity index (χ4v) is 1.49. The molecule has 0 amide bonds. The van der Waals surface area contributed by atoms with Gasteiger partial charge in [-0.3, -0.25) is 4.98 Å². The van der Waals surface area contributed by atoms with Gasteiger partial charge in [-0.05, 0) is 30.7 Å². The third-order valence-electron chi connectivity index (χ3n) is 2.01. The van der Waals surface area contributed by atoms with Crippen molar-refractivity contribution in [2.75, 3.05) is 0 Å². The number of hydrogen-bond acceptors (Lipinski definition) is 1. The van der Waals surface area contributed by atoms with Crippen molar-refractivity contribution in [2.45, 2.75) is 6.92 Å². The van der Waals surface area contributed by atoms with Gasteiger partial charge in [-0.25, -0.2) is 0 Å². The molecule has 0 aliphatic rings. The van der Waals surface area contributed by atoms with E-state index in [9.17, 15) is 0 Å². The van der Waals surface area contributed by atoms with Crippen LogP contribution >= 0.6 is 15.9 Å². The summed E-state index contributed by atoms with van der Waals surface area (Å²) in [7, 11) is 0. The van der Waals surface area contributed by atoms with Crippen LogP contribution in [0.25, 0.3) is 11.1 Å². The van der Waals surface area contributed by atoms with E-state index in [1.807, 2.05) is 31.3 Å². The topological polar surface area (TPSA) is 12.9 Å². The SMILES string of the molecule is Cc1[c]cc(-c2ccc(Br)cc2)cn1. The van der Waals surface area contributed by atoms with E-state index >= 15 is 0 Å². The van der Waals surface area contributed by atoms with Gasteiger partial charge in [0.05, 0.1) is 0 Å². The number of pyridine rings is 1. The van der Waals surface area contributed by atoms with Crippen molar-refractivity contribution < 1.29 is 0 Å². The van der Waals surface area contributed by atoms with Gasteiger partial charge in [0, 0.05) is 28.0 Å². The minimum Gasteiger partial charge on any atom is -0.260 e. The lowest BCUT2D eigenvalue weighted by atomic mass is 10.1. The summed E-state index contributed by atoms with van der Waals surface area (Å²) in [5.41, 5.74) is 3.19. The molecular formula is C12H9BrN. The summed E-state index contributed by atoms with van der Waals surface area (Å²) >= 11 is 3.41. The molecule has 1 nitrogen and oxygen atoms in total. The number of rotatable bonds is 1. The molecule has 2 aromatic rings. The molecule has 69 valence electrons. The number of nitrogens with zero attached hydrogens (tertiary/aromatic N) is 1. The molecule has 2 heteroatoms. The Kier molecular flexibility index (Phi) is 2.64. The minimum atomic E-state index is 0.922. The molecular weight excluding hydrogens is 238 g/mol. The molecule has 0 saturated heterocycles. The average Bonchev–Trinajstić information content (AvgIpc) is 2.21. The monoisotopic (exact) mass is 246 g/mol. The van der Waals surface area contributed by atoms with Crippen molar-refractivity contribution in [3.05, 3.63) is 52.8 Å². The molecule has 0 atom stereocenters. The van der Waals surface area contributed by atoms with E-state index in [1.54, 1.807) is 0 Å². The summed E-state index contributed by atoms with van der Waals surface area (Å²) in [6, 6.07) is 13.2. The van der Waals surface area contributed by atoms with Gasteiger partial charge in [0.1, 0.15) is 0 Å². The Morgan fingerprint density at radius 1 is 1.14 bits per heavy atom. The highest BCUT2D eigenvalue weighted by molar-refractivity contribution is 9.10. The molecule has 0 N–H and O–H groups in total. The summed E-state index contributed by atoms with van der Waals surface area (Å²) in [6.07, 6.45) is 1.87. The Morgan fingerprint density at radius 3 is 2.43 bits per heavy atom. The maximum absolute atomic E-state index is 4.21. The molecule has 2 rings (SSSR count). The largest absolute Gasteiger partial charge is 0.260 e. The number of hydrogen-bond donors (Lipinski definition) is 0. The van der Waals surface area contributed by atoms with Gasteiger partial charge in [-0.15, -0.1) is 0 Å². The normalized spacial score (nSPS) is 10.1. The summed E-state index contributed by atoms with van der Waals surface area (Å²) in [5, 5.41) is 0. The fraction of sp³-hybridized carbons (Fsp3) is 0.0833. The van der Waals surface area contributed by atoms with Crippen LogP contribution in [0, 0.1) is 13.0 Å². The Hall–Kier alpha value is -1.15. The van der Waals surface area contributed by atoms with Gasteiger partial charge in [0.15, 0.2) is 0 Å². The summed E-state index contributed by atoms with van der Waals surface area (Å²) in [4.78, 5) is 4.21. The Morgan fingerprint density at radius 2 is 1.86 bits per heavy atom. The van der Waals surface area contributed by atoms with E-state index in [-0.39, 0.29) is 0 Å². The fourth-order valence-electron chi connectivity index (χ4n) is 1.22. The second-order valence-electron chi connectivity index (χ2n) is 3.09. The van der Waals surface area contributed by atoms with Crippen LogP contribution in [0.2, 0.25) is 0 Å². The maximum atomic E-state index is 4.21. The van der Waals surface area contributed by atoms with Gasteiger partial charge in [0.2, 0.25) is 0 Å². The van der Waals surface area contributed by atoms with Crippen LogP contribution in [0.15, 0.2) is 41.0 Å². The van der Waals surface area contributed by atoms with Crippen molar-refractivity contribution in [1.82, 2.24) is 4.98 Å². The molecule has 0 aliphatic carbocycles. The van der Waals surface area contributed by atoms with E-state index in [0.717, 1.165) is 21.3 Å². The lowest BCUT2D eigenvalue weighted by molar-refractivity contribution is 1.20. The highest BCUT2D eigenvalue weighted by atomic mass is 79.9. The second kappa shape index (κ2) is 3.93. The Labute approximate surface area is 91.9 Å². The Balaban J connectivity index is 2.40. The first kappa shape index (κ1) is 9.41. The third kappa shape index (κ3) is 2.02. The van der Waals surface area contributed by atoms with Gasteiger partial charge in [-0.2, -0.15) is 0 Å². The summed E-state index contributed by atoms with van der Waals surface area (Å²) in [5.74, 6) is 0. The zero-order valence-corrected chi connectivity index (χ0v) is 9.38. The number of aryl methyl sites for hydroxylation is 1. The number of aromatic nitrogens is 1. The molecule has 0 saturated carbocycles. The van der Waals surface area contributed by atoms with Gasteiger partial charge in [-0.1, -0.05) is 28.1 Å². The van der Waals surface area contributed by atoms with E-state index in [0.29, 0.717) is 0 Å². The Bertz CT molecular complexity index is 374. The van der Waals surface area contributed by atoms with Crippen LogP contribution in [0.4, 0.5) is 0 Å². The smallest absolute Gasteiger partial charge is 0.0452 e. The highest BCUT2D eigenvalue weighted by Crippen LogP contribution is 2.20. The van der Waals surface area contributed by atoms with E-state index in [4.69, 9.17) is 0 Å². The summed E-state index contributed by atoms with van der Waals surface area (Å²) < 4.78 is 1.09. The quantitative estimate of drug-likeness (QED) is 0.749. The molecule has 1 aromatic carbocycles. The van der Waals surface area contributed by atoms with E-state index in [1.165, 1.54) is 0 Å². The highest BCUT2D eigenvalue weighted by Gasteiger charge is 1.97. The van der Waals surface area contributed by atoms with Gasteiger partial charge < -0.3 is 0 Å². The third-order valence-corrected chi connectivity index (χ3v) is 2.54. The molecule has 0 bridgehead atoms. The molecule has 1 aromatic heterocycles. The van der Waals surface area contributed by atoms with Crippen LogP contribution in [0.1, 0.15) is 5.69 Å².